The Morgan fingerprint density at radius 2 is 1.89 bits per heavy atom. The third kappa shape index (κ3) is 3.88. The highest BCUT2D eigenvalue weighted by atomic mass is 35.5. The number of carbonyl (C=O) groups excluding carboxylic acids is 2. The van der Waals surface area contributed by atoms with E-state index in [0.717, 1.165) is 10.4 Å². The molecule has 0 saturated heterocycles. The molecule has 1 aromatic carbocycles. The first-order valence-corrected chi connectivity index (χ1v) is 9.44. The first kappa shape index (κ1) is 19.5. The van der Waals surface area contributed by atoms with Crippen LogP contribution in [0.5, 0.6) is 0 Å². The summed E-state index contributed by atoms with van der Waals surface area (Å²) in [7, 11) is 1.30. The maximum absolute atomic E-state index is 12.6. The molecule has 8 heteroatoms. The van der Waals surface area contributed by atoms with Crippen molar-refractivity contribution < 1.29 is 18.7 Å². The molecule has 1 amide bonds. The van der Waals surface area contributed by atoms with E-state index in [1.807, 2.05) is 6.92 Å². The predicted octanol–water partition coefficient (Wildman–Crippen LogP) is 5.97. The van der Waals surface area contributed by atoms with Crippen LogP contribution < -0.4 is 5.32 Å². The van der Waals surface area contributed by atoms with Crippen LogP contribution in [0.15, 0.2) is 34.7 Å². The molecule has 3 aromatic rings. The second-order valence-corrected chi connectivity index (χ2v) is 7.79. The Morgan fingerprint density at radius 1 is 1.15 bits per heavy atom. The van der Waals surface area contributed by atoms with Gasteiger partial charge in [-0.2, -0.15) is 0 Å². The highest BCUT2D eigenvalue weighted by Crippen LogP contribution is 2.34. The molecule has 5 nitrogen and oxygen atoms in total. The van der Waals surface area contributed by atoms with Crippen LogP contribution in [0.2, 0.25) is 10.0 Å². The van der Waals surface area contributed by atoms with E-state index in [-0.39, 0.29) is 5.76 Å². The van der Waals surface area contributed by atoms with Crippen LogP contribution in [0.3, 0.4) is 0 Å². The van der Waals surface area contributed by atoms with E-state index in [0.29, 0.717) is 31.9 Å². The van der Waals surface area contributed by atoms with Gasteiger partial charge in [0.05, 0.1) is 17.7 Å². The Bertz CT molecular complexity index is 1040. The molecule has 1 N–H and O–H groups in total. The lowest BCUT2D eigenvalue weighted by Crippen LogP contribution is -2.13. The molecule has 0 atom stereocenters. The van der Waals surface area contributed by atoms with Crippen LogP contribution in [0.25, 0.3) is 11.3 Å². The molecular weight excluding hydrogens is 409 g/mol. The summed E-state index contributed by atoms with van der Waals surface area (Å²) in [5.74, 6) is -0.443. The van der Waals surface area contributed by atoms with Gasteiger partial charge in [0, 0.05) is 15.5 Å². The standard InChI is InChI=1S/C19H15Cl2NO4S/c1-9-10(2)27-18(16(9)19(24)25-3)22-17(23)15-7-6-14(26-15)12-5-4-11(20)8-13(12)21/h4-8H,1-3H3,(H,22,23). The predicted molar refractivity (Wildman–Crippen MR) is 107 cm³/mol. The summed E-state index contributed by atoms with van der Waals surface area (Å²) in [5.41, 5.74) is 1.74. The molecule has 0 spiro atoms. The Balaban J connectivity index is 1.87. The zero-order valence-electron chi connectivity index (χ0n) is 14.7. The molecule has 0 aliphatic rings. The number of amides is 1. The number of methoxy groups -OCH3 is 1. The van der Waals surface area contributed by atoms with Crippen molar-refractivity contribution in [3.05, 3.63) is 62.1 Å². The quantitative estimate of drug-likeness (QED) is 0.524. The van der Waals surface area contributed by atoms with E-state index < -0.39 is 11.9 Å². The summed E-state index contributed by atoms with van der Waals surface area (Å²) in [5, 5.41) is 4.07. The molecule has 0 aliphatic carbocycles. The molecule has 2 aromatic heterocycles. The number of hydrogen-bond acceptors (Lipinski definition) is 5. The molecule has 0 unspecified atom stereocenters. The highest BCUT2D eigenvalue weighted by molar-refractivity contribution is 7.16. The van der Waals surface area contributed by atoms with Gasteiger partial charge < -0.3 is 14.5 Å². The molecule has 3 rings (SSSR count). The van der Waals surface area contributed by atoms with Gasteiger partial charge >= 0.3 is 5.97 Å². The zero-order chi connectivity index (χ0) is 19.7. The summed E-state index contributed by atoms with van der Waals surface area (Å²) in [6.45, 7) is 3.68. The van der Waals surface area contributed by atoms with Crippen molar-refractivity contribution >= 4 is 51.4 Å². The number of hydrogen-bond donors (Lipinski definition) is 1. The maximum atomic E-state index is 12.6. The smallest absolute Gasteiger partial charge is 0.341 e. The highest BCUT2D eigenvalue weighted by Gasteiger charge is 2.23. The Morgan fingerprint density at radius 3 is 2.56 bits per heavy atom. The molecule has 27 heavy (non-hydrogen) atoms. The summed E-state index contributed by atoms with van der Waals surface area (Å²) >= 11 is 13.4. The number of rotatable bonds is 4. The SMILES string of the molecule is COC(=O)c1c(NC(=O)c2ccc(-c3ccc(Cl)cc3Cl)o2)sc(C)c1C. The number of halogens is 2. The van der Waals surface area contributed by atoms with Crippen LogP contribution >= 0.6 is 34.5 Å². The largest absolute Gasteiger partial charge is 0.465 e. The van der Waals surface area contributed by atoms with Gasteiger partial charge in [0.15, 0.2) is 5.76 Å². The molecule has 2 heterocycles. The fourth-order valence-electron chi connectivity index (χ4n) is 2.52. The fourth-order valence-corrected chi connectivity index (χ4v) is 4.07. The number of ether oxygens (including phenoxy) is 1. The minimum Gasteiger partial charge on any atom is -0.465 e. The normalized spacial score (nSPS) is 10.7. The molecule has 0 bridgehead atoms. The van der Waals surface area contributed by atoms with E-state index in [1.165, 1.54) is 18.4 Å². The van der Waals surface area contributed by atoms with Gasteiger partial charge in [-0.1, -0.05) is 23.2 Å². The summed E-state index contributed by atoms with van der Waals surface area (Å²) < 4.78 is 10.4. The van der Waals surface area contributed by atoms with E-state index in [2.05, 4.69) is 5.32 Å². The molecule has 0 saturated carbocycles. The van der Waals surface area contributed by atoms with Gasteiger partial charge in [0.25, 0.3) is 5.91 Å². The van der Waals surface area contributed by atoms with Crippen LogP contribution in [-0.4, -0.2) is 19.0 Å². The monoisotopic (exact) mass is 423 g/mol. The van der Waals surface area contributed by atoms with Crippen molar-refractivity contribution in [3.63, 3.8) is 0 Å². The third-order valence-electron chi connectivity index (χ3n) is 4.03. The van der Waals surface area contributed by atoms with Crippen molar-refractivity contribution in [2.75, 3.05) is 12.4 Å². The number of aryl methyl sites for hydroxylation is 1. The van der Waals surface area contributed by atoms with Gasteiger partial charge in [-0.25, -0.2) is 4.79 Å². The minimum atomic E-state index is -0.500. The van der Waals surface area contributed by atoms with Gasteiger partial charge in [0.2, 0.25) is 0 Å². The Hall–Kier alpha value is -2.28. The van der Waals surface area contributed by atoms with Gasteiger partial charge in [0.1, 0.15) is 10.8 Å². The third-order valence-corrected chi connectivity index (χ3v) is 5.70. The number of esters is 1. The van der Waals surface area contributed by atoms with E-state index in [9.17, 15) is 9.59 Å². The Kier molecular flexibility index (Phi) is 5.60. The minimum absolute atomic E-state index is 0.0931. The summed E-state index contributed by atoms with van der Waals surface area (Å²) in [6, 6.07) is 8.19. The van der Waals surface area contributed by atoms with E-state index >= 15 is 0 Å². The number of benzene rings is 1. The maximum Gasteiger partial charge on any atom is 0.341 e. The number of carbonyl (C=O) groups is 2. The van der Waals surface area contributed by atoms with Gasteiger partial charge in [-0.05, 0) is 49.7 Å². The summed E-state index contributed by atoms with van der Waals surface area (Å²) in [4.78, 5) is 25.5. The first-order valence-electron chi connectivity index (χ1n) is 7.86. The molecule has 0 aliphatic heterocycles. The van der Waals surface area contributed by atoms with Crippen molar-refractivity contribution in [2.24, 2.45) is 0 Å². The molecular formula is C19H15Cl2NO4S. The number of thiophene rings is 1. The number of furan rings is 1. The topological polar surface area (TPSA) is 68.5 Å². The fraction of sp³-hybridized carbons (Fsp3) is 0.158. The van der Waals surface area contributed by atoms with Crippen molar-refractivity contribution in [1.82, 2.24) is 0 Å². The second-order valence-electron chi connectivity index (χ2n) is 5.72. The lowest BCUT2D eigenvalue weighted by atomic mass is 10.1. The van der Waals surface area contributed by atoms with Crippen molar-refractivity contribution in [2.45, 2.75) is 13.8 Å². The van der Waals surface area contributed by atoms with Gasteiger partial charge in [-0.3, -0.25) is 4.79 Å². The number of nitrogens with one attached hydrogen (secondary N) is 1. The van der Waals surface area contributed by atoms with Crippen molar-refractivity contribution in [1.29, 1.82) is 0 Å². The molecule has 140 valence electrons. The van der Waals surface area contributed by atoms with Gasteiger partial charge in [-0.15, -0.1) is 11.3 Å². The van der Waals surface area contributed by atoms with Crippen LogP contribution in [-0.2, 0) is 4.74 Å². The molecule has 0 fully saturated rings. The average molecular weight is 424 g/mol. The van der Waals surface area contributed by atoms with E-state index in [1.54, 1.807) is 37.3 Å². The lowest BCUT2D eigenvalue weighted by molar-refractivity contribution is 0.0601. The van der Waals surface area contributed by atoms with Crippen molar-refractivity contribution in [3.8, 4) is 11.3 Å². The molecule has 0 radical (unpaired) electrons. The first-order chi connectivity index (χ1) is 12.8. The Labute approximate surface area is 169 Å². The summed E-state index contributed by atoms with van der Waals surface area (Å²) in [6.07, 6.45) is 0. The second kappa shape index (κ2) is 7.76. The van der Waals surface area contributed by atoms with Crippen LogP contribution in [0.4, 0.5) is 5.00 Å². The van der Waals surface area contributed by atoms with Crippen LogP contribution in [0.1, 0.15) is 31.4 Å². The number of anilines is 1. The zero-order valence-corrected chi connectivity index (χ0v) is 17.0. The lowest BCUT2D eigenvalue weighted by Gasteiger charge is -2.05. The average Bonchev–Trinajstić information content (AvgIpc) is 3.20. The van der Waals surface area contributed by atoms with Crippen LogP contribution in [0, 0.1) is 13.8 Å². The van der Waals surface area contributed by atoms with E-state index in [4.69, 9.17) is 32.4 Å².